The van der Waals surface area contributed by atoms with E-state index in [0.29, 0.717) is 23.7 Å². The molecule has 0 amide bonds. The van der Waals surface area contributed by atoms with E-state index >= 15 is 0 Å². The lowest BCUT2D eigenvalue weighted by molar-refractivity contribution is 0.338. The molecule has 21 heavy (non-hydrogen) atoms. The van der Waals surface area contributed by atoms with Crippen LogP contribution >= 0.6 is 11.3 Å². The summed E-state index contributed by atoms with van der Waals surface area (Å²) in [4.78, 5) is 0.947. The van der Waals surface area contributed by atoms with Gasteiger partial charge in [-0.3, -0.25) is 0 Å². The molecule has 6 heteroatoms. The Bertz CT molecular complexity index is 786. The number of para-hydroxylation sites is 2. The zero-order chi connectivity index (χ0) is 14.7. The summed E-state index contributed by atoms with van der Waals surface area (Å²) >= 11 is 1.55. The molecule has 0 saturated carbocycles. The first-order chi connectivity index (χ1) is 10.3. The molecule has 0 spiro atoms. The molecule has 0 aliphatic heterocycles. The monoisotopic (exact) mass is 296 g/mol. The van der Waals surface area contributed by atoms with Crippen molar-refractivity contribution in [2.24, 2.45) is 0 Å². The lowest BCUT2D eigenvalue weighted by atomic mass is 10.2. The van der Waals surface area contributed by atoms with Crippen LogP contribution in [0.15, 0.2) is 41.8 Å². The Balaban J connectivity index is 2.21. The van der Waals surface area contributed by atoms with E-state index in [2.05, 4.69) is 16.4 Å². The zero-order valence-electron chi connectivity index (χ0n) is 11.4. The highest BCUT2D eigenvalue weighted by Gasteiger charge is 2.19. The summed E-state index contributed by atoms with van der Waals surface area (Å²) in [7, 11) is 0. The number of hydrogen-bond donors (Lipinski definition) is 0. The second-order valence-electron chi connectivity index (χ2n) is 4.19. The lowest BCUT2D eigenvalue weighted by Gasteiger charge is -2.11. The van der Waals surface area contributed by atoms with Crippen LogP contribution in [0.5, 0.6) is 5.75 Å². The largest absolute Gasteiger partial charge is 0.492 e. The summed E-state index contributed by atoms with van der Waals surface area (Å²) in [6.45, 7) is 2.49. The van der Waals surface area contributed by atoms with Crippen molar-refractivity contribution in [3.8, 4) is 28.1 Å². The number of thiophene rings is 1. The number of aromatic nitrogens is 3. The van der Waals surface area contributed by atoms with Crippen LogP contribution in [0.3, 0.4) is 0 Å². The Morgan fingerprint density at radius 2 is 2.14 bits per heavy atom. The summed E-state index contributed by atoms with van der Waals surface area (Å²) in [5, 5.41) is 19.3. The predicted octanol–water partition coefficient (Wildman–Crippen LogP) is 3.27. The minimum Gasteiger partial charge on any atom is -0.492 e. The van der Waals surface area contributed by atoms with Crippen molar-refractivity contribution in [1.82, 2.24) is 15.0 Å². The van der Waals surface area contributed by atoms with Crippen molar-refractivity contribution in [2.75, 3.05) is 6.61 Å². The van der Waals surface area contributed by atoms with Gasteiger partial charge in [0, 0.05) is 0 Å². The van der Waals surface area contributed by atoms with Crippen LogP contribution in [0.25, 0.3) is 16.3 Å². The number of nitrogens with zero attached hydrogens (tertiary/aromatic N) is 4. The summed E-state index contributed by atoms with van der Waals surface area (Å²) in [6.07, 6.45) is 0. The van der Waals surface area contributed by atoms with Gasteiger partial charge in [-0.25, -0.2) is 4.68 Å². The van der Waals surface area contributed by atoms with Gasteiger partial charge in [0.05, 0.1) is 11.5 Å². The molecular weight excluding hydrogens is 284 g/mol. The quantitative estimate of drug-likeness (QED) is 0.741. The molecule has 0 saturated heterocycles. The Morgan fingerprint density at radius 1 is 1.29 bits per heavy atom. The van der Waals surface area contributed by atoms with E-state index < -0.39 is 0 Å². The molecule has 0 bridgehead atoms. The van der Waals surface area contributed by atoms with E-state index in [4.69, 9.17) is 4.74 Å². The van der Waals surface area contributed by atoms with Gasteiger partial charge in [0.15, 0.2) is 5.69 Å². The van der Waals surface area contributed by atoms with Crippen molar-refractivity contribution < 1.29 is 4.74 Å². The third-order valence-electron chi connectivity index (χ3n) is 2.92. The smallest absolute Gasteiger partial charge is 0.191 e. The fourth-order valence-electron chi connectivity index (χ4n) is 2.07. The molecule has 0 radical (unpaired) electrons. The standard InChI is InChI=1S/C15H12N4OS/c1-2-20-13-7-4-3-6-12(13)19-15(11(10-16)17-18-19)14-8-5-9-21-14/h3-9H,2H2,1H3. The van der Waals surface area contributed by atoms with Crippen molar-refractivity contribution in [3.63, 3.8) is 0 Å². The first-order valence-corrected chi connectivity index (χ1v) is 7.35. The number of hydrogen-bond acceptors (Lipinski definition) is 5. The number of rotatable bonds is 4. The van der Waals surface area contributed by atoms with Gasteiger partial charge in [-0.2, -0.15) is 5.26 Å². The molecule has 0 atom stereocenters. The van der Waals surface area contributed by atoms with Gasteiger partial charge in [-0.15, -0.1) is 16.4 Å². The molecule has 0 aliphatic rings. The van der Waals surface area contributed by atoms with Gasteiger partial charge in [-0.05, 0) is 30.5 Å². The molecule has 2 heterocycles. The van der Waals surface area contributed by atoms with Crippen LogP contribution in [-0.2, 0) is 0 Å². The van der Waals surface area contributed by atoms with Gasteiger partial charge < -0.3 is 4.74 Å². The molecule has 1 aromatic carbocycles. The summed E-state index contributed by atoms with van der Waals surface area (Å²) in [5.41, 5.74) is 1.78. The summed E-state index contributed by atoms with van der Waals surface area (Å²) in [5.74, 6) is 0.715. The number of benzene rings is 1. The Morgan fingerprint density at radius 3 is 2.86 bits per heavy atom. The molecule has 3 rings (SSSR count). The summed E-state index contributed by atoms with van der Waals surface area (Å²) < 4.78 is 7.30. The van der Waals surface area contributed by atoms with Crippen LogP contribution in [-0.4, -0.2) is 21.6 Å². The minimum absolute atomic E-state index is 0.309. The molecule has 104 valence electrons. The fraction of sp³-hybridized carbons (Fsp3) is 0.133. The molecule has 0 unspecified atom stereocenters. The van der Waals surface area contributed by atoms with E-state index in [1.54, 1.807) is 16.0 Å². The molecule has 2 aromatic heterocycles. The van der Waals surface area contributed by atoms with Crippen LogP contribution in [0, 0.1) is 11.3 Å². The van der Waals surface area contributed by atoms with Crippen molar-refractivity contribution in [2.45, 2.75) is 6.92 Å². The Kier molecular flexibility index (Phi) is 3.67. The third-order valence-corrected chi connectivity index (χ3v) is 3.80. The zero-order valence-corrected chi connectivity index (χ0v) is 12.2. The van der Waals surface area contributed by atoms with E-state index in [-0.39, 0.29) is 0 Å². The first-order valence-electron chi connectivity index (χ1n) is 6.47. The maximum Gasteiger partial charge on any atom is 0.191 e. The third kappa shape index (κ3) is 2.39. The van der Waals surface area contributed by atoms with E-state index in [9.17, 15) is 5.26 Å². The van der Waals surface area contributed by atoms with E-state index in [1.165, 1.54) is 0 Å². The second-order valence-corrected chi connectivity index (χ2v) is 5.14. The van der Waals surface area contributed by atoms with E-state index in [1.807, 2.05) is 48.7 Å². The van der Waals surface area contributed by atoms with Gasteiger partial charge >= 0.3 is 0 Å². The van der Waals surface area contributed by atoms with Crippen LogP contribution in [0.2, 0.25) is 0 Å². The highest BCUT2D eigenvalue weighted by molar-refractivity contribution is 7.13. The summed E-state index contributed by atoms with van der Waals surface area (Å²) in [6, 6.07) is 13.6. The second kappa shape index (κ2) is 5.77. The lowest BCUT2D eigenvalue weighted by Crippen LogP contribution is -2.03. The van der Waals surface area contributed by atoms with Crippen LogP contribution < -0.4 is 4.74 Å². The molecule has 5 nitrogen and oxygen atoms in total. The molecule has 0 fully saturated rings. The minimum atomic E-state index is 0.309. The normalized spacial score (nSPS) is 10.3. The van der Waals surface area contributed by atoms with Crippen molar-refractivity contribution in [1.29, 1.82) is 5.26 Å². The topological polar surface area (TPSA) is 63.7 Å². The average Bonchev–Trinajstić information content (AvgIpc) is 3.16. The molecule has 3 aromatic rings. The maximum absolute atomic E-state index is 9.26. The Hall–Kier alpha value is -2.65. The van der Waals surface area contributed by atoms with Crippen molar-refractivity contribution >= 4 is 11.3 Å². The molecular formula is C15H12N4OS. The van der Waals surface area contributed by atoms with Gasteiger partial charge in [0.2, 0.25) is 0 Å². The highest BCUT2D eigenvalue weighted by atomic mass is 32.1. The van der Waals surface area contributed by atoms with Crippen LogP contribution in [0.4, 0.5) is 0 Å². The molecule has 0 N–H and O–H groups in total. The predicted molar refractivity (Wildman–Crippen MR) is 80.6 cm³/mol. The first kappa shape index (κ1) is 13.3. The number of nitriles is 1. The highest BCUT2D eigenvalue weighted by Crippen LogP contribution is 2.31. The van der Waals surface area contributed by atoms with Gasteiger partial charge in [0.25, 0.3) is 0 Å². The van der Waals surface area contributed by atoms with Crippen molar-refractivity contribution in [3.05, 3.63) is 47.5 Å². The van der Waals surface area contributed by atoms with Crippen LogP contribution in [0.1, 0.15) is 12.6 Å². The number of ether oxygens (including phenoxy) is 1. The molecule has 0 aliphatic carbocycles. The Labute approximate surface area is 126 Å². The fourth-order valence-corrected chi connectivity index (χ4v) is 2.83. The van der Waals surface area contributed by atoms with Gasteiger partial charge in [-0.1, -0.05) is 23.4 Å². The van der Waals surface area contributed by atoms with E-state index in [0.717, 1.165) is 10.6 Å². The maximum atomic E-state index is 9.26. The van der Waals surface area contributed by atoms with Gasteiger partial charge in [0.1, 0.15) is 23.2 Å². The average molecular weight is 296 g/mol. The SMILES string of the molecule is CCOc1ccccc1-n1nnc(C#N)c1-c1cccs1.